The number of phenols is 1. The lowest BCUT2D eigenvalue weighted by atomic mass is 9.38. The van der Waals surface area contributed by atoms with E-state index in [4.69, 9.17) is 4.74 Å². The number of halogens is 3. The molecule has 1 heterocycles. The van der Waals surface area contributed by atoms with E-state index in [9.17, 15) is 18.3 Å². The molecule has 11 heteroatoms. The molecule has 0 radical (unpaired) electrons. The van der Waals surface area contributed by atoms with E-state index in [1.54, 1.807) is 0 Å². The molecule has 102 valence electrons. The summed E-state index contributed by atoms with van der Waals surface area (Å²) in [6.07, 6.45) is -0.545. The summed E-state index contributed by atoms with van der Waals surface area (Å²) in [5.74, 6) is -5.71. The average Bonchev–Trinajstić information content (AvgIpc) is 2.32. The van der Waals surface area contributed by atoms with Crippen molar-refractivity contribution in [3.05, 3.63) is 17.5 Å². The number of nitrogens with one attached hydrogen (secondary N) is 1. The molecule has 2 N–H and O–H groups in total. The van der Waals surface area contributed by atoms with Crippen molar-refractivity contribution in [3.63, 3.8) is 0 Å². The van der Waals surface area contributed by atoms with Crippen LogP contribution in [0.3, 0.4) is 0 Å². The first-order valence-corrected chi connectivity index (χ1v) is 6.31. The number of hydrogen-bond acceptors (Lipinski definition) is 3. The Labute approximate surface area is 119 Å². The minimum Gasteiger partial charge on any atom is -0.502 e. The van der Waals surface area contributed by atoms with Gasteiger partial charge in [0.2, 0.25) is 11.6 Å². The summed E-state index contributed by atoms with van der Waals surface area (Å²) in [5.41, 5.74) is -0.572. The highest BCUT2D eigenvalue weighted by molar-refractivity contribution is 6.49. The first-order valence-electron chi connectivity index (χ1n) is 6.31. The van der Waals surface area contributed by atoms with Gasteiger partial charge in [0.05, 0.1) is 0 Å². The number of ether oxygens (including phenoxy) is 1. The molecule has 1 aliphatic rings. The van der Waals surface area contributed by atoms with Gasteiger partial charge in [0, 0.05) is 0 Å². The Bertz CT molecular complexity index is 540. The van der Waals surface area contributed by atoms with E-state index in [1.807, 2.05) is 31.4 Å². The summed E-state index contributed by atoms with van der Waals surface area (Å²) in [6.45, 7) is 0. The second kappa shape index (κ2) is 4.45. The summed E-state index contributed by atoms with van der Waals surface area (Å²) in [7, 11) is 8.32. The van der Waals surface area contributed by atoms with Crippen LogP contribution >= 0.6 is 0 Å². The zero-order valence-corrected chi connectivity index (χ0v) is 12.1. The van der Waals surface area contributed by atoms with Crippen molar-refractivity contribution in [1.29, 1.82) is 0 Å². The van der Waals surface area contributed by atoms with Crippen LogP contribution in [0.5, 0.6) is 11.5 Å². The third-order valence-corrected chi connectivity index (χ3v) is 3.66. The molecule has 0 aromatic heterocycles. The molecule has 1 saturated heterocycles. The number of benzene rings is 1. The molecule has 1 aliphatic heterocycles. The molecule has 0 amide bonds. The SMILES string of the molecule is Bc1c(F)c(O)c(OC2C(B)(B)NC2(B)B)c(F)c1F. The number of aromatic hydroxyl groups is 1. The van der Waals surface area contributed by atoms with E-state index in [1.165, 1.54) is 0 Å². The lowest BCUT2D eigenvalue weighted by Crippen LogP contribution is -2.86. The van der Waals surface area contributed by atoms with Gasteiger partial charge in [0.15, 0.2) is 17.4 Å². The fourth-order valence-electron chi connectivity index (χ4n) is 3.05. The van der Waals surface area contributed by atoms with Gasteiger partial charge in [-0.2, -0.15) is 4.39 Å². The fraction of sp³-hybridized carbons (Fsp3) is 0.333. The van der Waals surface area contributed by atoms with E-state index >= 15 is 0 Å². The maximum Gasteiger partial charge on any atom is 0.204 e. The largest absolute Gasteiger partial charge is 0.502 e. The van der Waals surface area contributed by atoms with E-state index < -0.39 is 51.2 Å². The van der Waals surface area contributed by atoms with Crippen LogP contribution in [0.4, 0.5) is 13.2 Å². The quantitative estimate of drug-likeness (QED) is 0.422. The monoisotopic (exact) mass is 279 g/mol. The first kappa shape index (κ1) is 15.3. The van der Waals surface area contributed by atoms with Gasteiger partial charge in [0.1, 0.15) is 45.3 Å². The summed E-state index contributed by atoms with van der Waals surface area (Å²) in [4.78, 5) is 0. The molecule has 2 rings (SSSR count). The zero-order valence-electron chi connectivity index (χ0n) is 12.1. The molecule has 1 aromatic carbocycles. The Morgan fingerprint density at radius 2 is 1.50 bits per heavy atom. The Hall–Kier alpha value is -1.11. The minimum absolute atomic E-state index is 0.500. The van der Waals surface area contributed by atoms with Crippen molar-refractivity contribution in [1.82, 2.24) is 5.32 Å². The van der Waals surface area contributed by atoms with Gasteiger partial charge in [-0.3, -0.25) is 0 Å². The summed E-state index contributed by atoms with van der Waals surface area (Å²) >= 11 is 0. The molecular formula is C9H13B5F3NO2. The number of hydrogen-bond donors (Lipinski definition) is 2. The van der Waals surface area contributed by atoms with E-state index in [-0.39, 0.29) is 0 Å². The van der Waals surface area contributed by atoms with E-state index in [0.717, 1.165) is 7.85 Å². The molecule has 0 bridgehead atoms. The van der Waals surface area contributed by atoms with Gasteiger partial charge in [-0.25, -0.2) is 8.78 Å². The van der Waals surface area contributed by atoms with Crippen molar-refractivity contribution in [3.8, 4) is 11.5 Å². The lowest BCUT2D eigenvalue weighted by Gasteiger charge is -2.59. The molecule has 1 fully saturated rings. The van der Waals surface area contributed by atoms with Gasteiger partial charge >= 0.3 is 0 Å². The van der Waals surface area contributed by atoms with Gasteiger partial charge < -0.3 is 15.2 Å². The number of rotatable bonds is 2. The van der Waals surface area contributed by atoms with Crippen LogP contribution < -0.4 is 15.5 Å². The van der Waals surface area contributed by atoms with Crippen LogP contribution in [0.25, 0.3) is 0 Å². The van der Waals surface area contributed by atoms with Crippen LogP contribution in [0.2, 0.25) is 0 Å². The minimum atomic E-state index is -1.38. The van der Waals surface area contributed by atoms with Gasteiger partial charge in [-0.15, -0.1) is 0 Å². The topological polar surface area (TPSA) is 41.5 Å². The second-order valence-electron chi connectivity index (χ2n) is 6.31. The van der Waals surface area contributed by atoms with Crippen molar-refractivity contribution in [2.24, 2.45) is 0 Å². The Morgan fingerprint density at radius 1 is 1.00 bits per heavy atom. The van der Waals surface area contributed by atoms with Crippen molar-refractivity contribution in [2.75, 3.05) is 0 Å². The highest BCUT2D eigenvalue weighted by Gasteiger charge is 2.54. The molecule has 20 heavy (non-hydrogen) atoms. The molecule has 1 aromatic rings. The molecule has 0 atom stereocenters. The molecule has 0 saturated carbocycles. The third kappa shape index (κ3) is 2.12. The molecule has 0 spiro atoms. The zero-order chi connectivity index (χ0) is 15.5. The summed E-state index contributed by atoms with van der Waals surface area (Å²) < 4.78 is 46.5. The Balaban J connectivity index is 2.45. The highest BCUT2D eigenvalue weighted by atomic mass is 19.2. The first-order chi connectivity index (χ1) is 8.99. The molecule has 0 aliphatic carbocycles. The van der Waals surface area contributed by atoms with Gasteiger partial charge in [-0.05, 0) is 16.1 Å². The van der Waals surface area contributed by atoms with Crippen LogP contribution in [0.15, 0.2) is 0 Å². The van der Waals surface area contributed by atoms with Crippen LogP contribution in [-0.2, 0) is 0 Å². The van der Waals surface area contributed by atoms with E-state index in [0.29, 0.717) is 0 Å². The lowest BCUT2D eigenvalue weighted by molar-refractivity contribution is 0.0539. The fourth-order valence-corrected chi connectivity index (χ4v) is 3.05. The van der Waals surface area contributed by atoms with Gasteiger partial charge in [-0.1, -0.05) is 0 Å². The third-order valence-electron chi connectivity index (χ3n) is 3.66. The van der Waals surface area contributed by atoms with Crippen molar-refractivity contribution in [2.45, 2.75) is 16.8 Å². The average molecular weight is 278 g/mol. The Kier molecular flexibility index (Phi) is 3.40. The van der Waals surface area contributed by atoms with E-state index in [2.05, 4.69) is 5.32 Å². The van der Waals surface area contributed by atoms with Gasteiger partial charge in [0.25, 0.3) is 0 Å². The standard InChI is InChI=1S/C9H13B5F3NO2/c10-1-2(15)4(17)6(5(19)3(1)16)20-7-8(11,12)18-9(7,13)14/h7,18-19H,10-14H2. The number of phenolic OH excluding ortho intramolecular Hbond substituents is 1. The summed E-state index contributed by atoms with van der Waals surface area (Å²) in [5, 5.41) is 11.9. The van der Waals surface area contributed by atoms with Crippen LogP contribution in [-0.4, -0.2) is 61.1 Å². The molecule has 3 nitrogen and oxygen atoms in total. The Morgan fingerprint density at radius 3 is 1.95 bits per heavy atom. The maximum atomic E-state index is 13.9. The highest BCUT2D eigenvalue weighted by Crippen LogP contribution is 2.37. The predicted molar refractivity (Wildman–Crippen MR) is 83.3 cm³/mol. The van der Waals surface area contributed by atoms with Crippen molar-refractivity contribution < 1.29 is 23.0 Å². The van der Waals surface area contributed by atoms with Crippen LogP contribution in [0, 0.1) is 17.5 Å². The smallest absolute Gasteiger partial charge is 0.204 e. The summed E-state index contributed by atoms with van der Waals surface area (Å²) in [6, 6.07) is 0. The molecule has 0 unspecified atom stereocenters. The second-order valence-corrected chi connectivity index (χ2v) is 6.31. The normalized spacial score (nSPS) is 20.4. The molecular weight excluding hydrogens is 265 g/mol. The van der Waals surface area contributed by atoms with Crippen LogP contribution in [0.1, 0.15) is 0 Å². The predicted octanol–water partition coefficient (Wildman–Crippen LogP) is -4.74. The van der Waals surface area contributed by atoms with Crippen molar-refractivity contribution >= 4 is 44.7 Å². The maximum absolute atomic E-state index is 13.9.